The van der Waals surface area contributed by atoms with Gasteiger partial charge in [0, 0.05) is 19.6 Å². The molecule has 0 saturated heterocycles. The third kappa shape index (κ3) is 3.55. The first kappa shape index (κ1) is 12.6. The van der Waals surface area contributed by atoms with E-state index >= 15 is 0 Å². The van der Waals surface area contributed by atoms with Crippen LogP contribution in [0.25, 0.3) is 0 Å². The van der Waals surface area contributed by atoms with E-state index in [2.05, 4.69) is 36.1 Å². The number of hydrogen-bond acceptors (Lipinski definition) is 2. The Kier molecular flexibility index (Phi) is 4.57. The van der Waals surface area contributed by atoms with Crippen molar-refractivity contribution >= 4 is 0 Å². The minimum absolute atomic E-state index is 0.641. The zero-order valence-corrected chi connectivity index (χ0v) is 10.9. The van der Waals surface area contributed by atoms with E-state index in [9.17, 15) is 0 Å². The summed E-state index contributed by atoms with van der Waals surface area (Å²) < 4.78 is 0. The van der Waals surface area contributed by atoms with Gasteiger partial charge in [-0.25, -0.2) is 0 Å². The highest BCUT2D eigenvalue weighted by Gasteiger charge is 2.19. The van der Waals surface area contributed by atoms with Gasteiger partial charge >= 0.3 is 0 Å². The first-order chi connectivity index (χ1) is 8.31. The van der Waals surface area contributed by atoms with Crippen molar-refractivity contribution in [2.75, 3.05) is 13.1 Å². The summed E-state index contributed by atoms with van der Waals surface area (Å²) in [7, 11) is 0. The van der Waals surface area contributed by atoms with Gasteiger partial charge in [-0.3, -0.25) is 4.90 Å². The fourth-order valence-corrected chi connectivity index (χ4v) is 2.46. The Balaban J connectivity index is 1.91. The molecule has 1 fully saturated rings. The normalized spacial score (nSPS) is 16.2. The van der Waals surface area contributed by atoms with Crippen molar-refractivity contribution in [1.29, 1.82) is 0 Å². The van der Waals surface area contributed by atoms with E-state index in [1.165, 1.54) is 36.9 Å². The number of nitrogens with zero attached hydrogens (tertiary/aromatic N) is 1. The molecule has 0 heterocycles. The highest BCUT2D eigenvalue weighted by Crippen LogP contribution is 2.27. The molecule has 2 heteroatoms. The van der Waals surface area contributed by atoms with Crippen LogP contribution in [0, 0.1) is 5.92 Å². The van der Waals surface area contributed by atoms with Crippen molar-refractivity contribution in [1.82, 2.24) is 4.90 Å². The van der Waals surface area contributed by atoms with Crippen molar-refractivity contribution in [3.63, 3.8) is 0 Å². The molecule has 1 aliphatic rings. The van der Waals surface area contributed by atoms with Crippen LogP contribution in [0.1, 0.15) is 37.3 Å². The van der Waals surface area contributed by atoms with Crippen LogP contribution in [-0.4, -0.2) is 18.0 Å². The predicted molar refractivity (Wildman–Crippen MR) is 72.6 cm³/mol. The summed E-state index contributed by atoms with van der Waals surface area (Å²) in [6.07, 6.45) is 4.30. The lowest BCUT2D eigenvalue weighted by atomic mass is 9.85. The maximum Gasteiger partial charge on any atom is 0.0233 e. The molecule has 2 rings (SSSR count). The molecule has 2 N–H and O–H groups in total. The minimum Gasteiger partial charge on any atom is -0.326 e. The molecule has 2 nitrogen and oxygen atoms in total. The van der Waals surface area contributed by atoms with Gasteiger partial charge in [-0.1, -0.05) is 37.6 Å². The Labute approximate surface area is 105 Å². The topological polar surface area (TPSA) is 29.3 Å². The van der Waals surface area contributed by atoms with Gasteiger partial charge in [-0.2, -0.15) is 0 Å². The highest BCUT2D eigenvalue weighted by molar-refractivity contribution is 5.23. The molecule has 0 radical (unpaired) electrons. The van der Waals surface area contributed by atoms with Gasteiger partial charge in [0.15, 0.2) is 0 Å². The van der Waals surface area contributed by atoms with Crippen LogP contribution in [0.4, 0.5) is 0 Å². The van der Waals surface area contributed by atoms with Crippen molar-refractivity contribution in [2.45, 2.75) is 39.3 Å². The Morgan fingerprint density at radius 1 is 1.29 bits per heavy atom. The van der Waals surface area contributed by atoms with E-state index in [-0.39, 0.29) is 0 Å². The summed E-state index contributed by atoms with van der Waals surface area (Å²) in [5, 5.41) is 0. The van der Waals surface area contributed by atoms with Gasteiger partial charge in [0.1, 0.15) is 0 Å². The van der Waals surface area contributed by atoms with Crippen molar-refractivity contribution in [3.05, 3.63) is 35.4 Å². The number of rotatable bonds is 6. The van der Waals surface area contributed by atoms with Crippen LogP contribution in [-0.2, 0) is 13.1 Å². The van der Waals surface area contributed by atoms with Gasteiger partial charge in [-0.05, 0) is 36.4 Å². The van der Waals surface area contributed by atoms with Crippen LogP contribution in [0.3, 0.4) is 0 Å². The molecule has 0 amide bonds. The minimum atomic E-state index is 0.641. The Bertz CT molecular complexity index is 345. The lowest BCUT2D eigenvalue weighted by molar-refractivity contribution is 0.178. The zero-order chi connectivity index (χ0) is 12.1. The van der Waals surface area contributed by atoms with E-state index in [1.807, 2.05) is 0 Å². The molecule has 0 aromatic heterocycles. The molecule has 1 aliphatic carbocycles. The van der Waals surface area contributed by atoms with E-state index in [0.29, 0.717) is 6.54 Å². The molecule has 1 aromatic carbocycles. The summed E-state index contributed by atoms with van der Waals surface area (Å²) in [5.41, 5.74) is 8.32. The second kappa shape index (κ2) is 6.18. The predicted octanol–water partition coefficient (Wildman–Crippen LogP) is 2.77. The van der Waals surface area contributed by atoms with Gasteiger partial charge < -0.3 is 5.73 Å². The lowest BCUT2D eigenvalue weighted by Gasteiger charge is -2.31. The molecule has 1 saturated carbocycles. The zero-order valence-electron chi connectivity index (χ0n) is 10.9. The monoisotopic (exact) mass is 232 g/mol. The van der Waals surface area contributed by atoms with Crippen LogP contribution in [0.15, 0.2) is 24.3 Å². The smallest absolute Gasteiger partial charge is 0.0233 e. The summed E-state index contributed by atoms with van der Waals surface area (Å²) in [6.45, 7) is 6.38. The molecule has 0 unspecified atom stereocenters. The third-order valence-corrected chi connectivity index (χ3v) is 3.82. The van der Waals surface area contributed by atoms with Gasteiger partial charge in [0.05, 0.1) is 0 Å². The molecule has 17 heavy (non-hydrogen) atoms. The van der Waals surface area contributed by atoms with E-state index in [0.717, 1.165) is 19.0 Å². The van der Waals surface area contributed by atoms with Crippen molar-refractivity contribution in [2.24, 2.45) is 11.7 Å². The quantitative estimate of drug-likeness (QED) is 0.817. The molecular weight excluding hydrogens is 208 g/mol. The fraction of sp³-hybridized carbons (Fsp3) is 0.600. The Hall–Kier alpha value is -0.860. The van der Waals surface area contributed by atoms with Crippen LogP contribution >= 0.6 is 0 Å². The van der Waals surface area contributed by atoms with Gasteiger partial charge in [-0.15, -0.1) is 0 Å². The molecule has 0 atom stereocenters. The average molecular weight is 232 g/mol. The first-order valence-electron chi connectivity index (χ1n) is 6.82. The molecule has 0 bridgehead atoms. The number of hydrogen-bond donors (Lipinski definition) is 1. The second-order valence-corrected chi connectivity index (χ2v) is 5.15. The second-order valence-electron chi connectivity index (χ2n) is 5.15. The molecule has 0 spiro atoms. The lowest BCUT2D eigenvalue weighted by Crippen LogP contribution is -2.32. The average Bonchev–Trinajstić information content (AvgIpc) is 2.32. The van der Waals surface area contributed by atoms with E-state index < -0.39 is 0 Å². The van der Waals surface area contributed by atoms with Crippen LogP contribution in [0.2, 0.25) is 0 Å². The standard InChI is InChI=1S/C15H24N2/c1-2-17(11-13-5-3-6-13)12-15-8-4-7-14(9-15)10-16/h4,7-9,13H,2-3,5-6,10-12,16H2,1H3. The van der Waals surface area contributed by atoms with Crippen LogP contribution < -0.4 is 5.73 Å². The molecule has 0 aliphatic heterocycles. The third-order valence-electron chi connectivity index (χ3n) is 3.82. The van der Waals surface area contributed by atoms with Crippen molar-refractivity contribution < 1.29 is 0 Å². The summed E-state index contributed by atoms with van der Waals surface area (Å²) in [4.78, 5) is 2.56. The Morgan fingerprint density at radius 3 is 2.65 bits per heavy atom. The fourth-order valence-electron chi connectivity index (χ4n) is 2.46. The molecular formula is C15H24N2. The Morgan fingerprint density at radius 2 is 2.06 bits per heavy atom. The van der Waals surface area contributed by atoms with Gasteiger partial charge in [0.2, 0.25) is 0 Å². The summed E-state index contributed by atoms with van der Waals surface area (Å²) in [6, 6.07) is 8.67. The summed E-state index contributed by atoms with van der Waals surface area (Å²) in [5.74, 6) is 0.952. The van der Waals surface area contributed by atoms with E-state index in [4.69, 9.17) is 5.73 Å². The molecule has 94 valence electrons. The van der Waals surface area contributed by atoms with E-state index in [1.54, 1.807) is 0 Å². The summed E-state index contributed by atoms with van der Waals surface area (Å²) >= 11 is 0. The maximum atomic E-state index is 5.68. The SMILES string of the molecule is CCN(Cc1cccc(CN)c1)CC1CCC1. The van der Waals surface area contributed by atoms with Gasteiger partial charge in [0.25, 0.3) is 0 Å². The number of benzene rings is 1. The first-order valence-corrected chi connectivity index (χ1v) is 6.82. The van der Waals surface area contributed by atoms with Crippen molar-refractivity contribution in [3.8, 4) is 0 Å². The molecule has 1 aromatic rings. The largest absolute Gasteiger partial charge is 0.326 e. The van der Waals surface area contributed by atoms with Crippen LogP contribution in [0.5, 0.6) is 0 Å². The maximum absolute atomic E-state index is 5.68. The highest BCUT2D eigenvalue weighted by atomic mass is 15.1. The number of nitrogens with two attached hydrogens (primary N) is 1.